The average molecular weight is 458 g/mol. The summed E-state index contributed by atoms with van der Waals surface area (Å²) in [6.45, 7) is 5.34. The Hall–Kier alpha value is -3.94. The predicted molar refractivity (Wildman–Crippen MR) is 133 cm³/mol. The number of rotatable bonds is 7. The van der Waals surface area contributed by atoms with Crippen molar-refractivity contribution in [3.63, 3.8) is 0 Å². The zero-order valence-corrected chi connectivity index (χ0v) is 19.8. The van der Waals surface area contributed by atoms with Gasteiger partial charge in [-0.25, -0.2) is 15.0 Å². The van der Waals surface area contributed by atoms with Gasteiger partial charge in [-0.15, -0.1) is 0 Å². The molecule has 0 fully saturated rings. The molecule has 174 valence electrons. The predicted octanol–water partition coefficient (Wildman–Crippen LogP) is 4.21. The zero-order valence-electron chi connectivity index (χ0n) is 19.8. The van der Waals surface area contributed by atoms with Crippen molar-refractivity contribution in [2.24, 2.45) is 5.92 Å². The maximum Gasteiger partial charge on any atom is 0.265 e. The van der Waals surface area contributed by atoms with Gasteiger partial charge < -0.3 is 14.0 Å². The summed E-state index contributed by atoms with van der Waals surface area (Å²) < 4.78 is 14.5. The van der Waals surface area contributed by atoms with Crippen LogP contribution < -0.4 is 15.0 Å². The molecular weight excluding hydrogens is 430 g/mol. The largest absolute Gasteiger partial charge is 0.493 e. The van der Waals surface area contributed by atoms with Crippen LogP contribution in [-0.4, -0.2) is 38.3 Å². The van der Waals surface area contributed by atoms with Gasteiger partial charge in [-0.1, -0.05) is 32.0 Å². The van der Waals surface area contributed by atoms with Crippen molar-refractivity contribution in [1.29, 1.82) is 0 Å². The standard InChI is InChI=1S/C26H27N5O3/c1-16(2)14-30-15-27-24-22(26(30)32)23-25(29-19-8-6-5-7-18(19)28-23)31(24)12-11-17-9-10-20(33-3)21(13-17)34-4/h5-10,13,15-16H,11-12,14H2,1-4H3. The fraction of sp³-hybridized carbons (Fsp3) is 0.308. The Morgan fingerprint density at radius 1 is 0.941 bits per heavy atom. The first-order chi connectivity index (χ1) is 16.5. The van der Waals surface area contributed by atoms with E-state index in [4.69, 9.17) is 24.4 Å². The number of ether oxygens (including phenoxy) is 2. The molecule has 0 N–H and O–H groups in total. The third-order valence-corrected chi connectivity index (χ3v) is 5.95. The van der Waals surface area contributed by atoms with Gasteiger partial charge in [-0.05, 0) is 42.2 Å². The number of methoxy groups -OCH3 is 2. The Morgan fingerprint density at radius 3 is 2.38 bits per heavy atom. The van der Waals surface area contributed by atoms with Crippen LogP contribution in [-0.2, 0) is 19.5 Å². The fourth-order valence-corrected chi connectivity index (χ4v) is 4.35. The molecule has 5 aromatic rings. The number of nitrogens with zero attached hydrogens (tertiary/aromatic N) is 5. The molecule has 5 rings (SSSR count). The first-order valence-corrected chi connectivity index (χ1v) is 11.3. The molecule has 0 atom stereocenters. The van der Waals surface area contributed by atoms with Crippen LogP contribution in [0.15, 0.2) is 53.6 Å². The molecular formula is C26H27N5O3. The summed E-state index contributed by atoms with van der Waals surface area (Å²) >= 11 is 0. The third-order valence-electron chi connectivity index (χ3n) is 5.95. The van der Waals surface area contributed by atoms with E-state index in [0.29, 0.717) is 59.1 Å². The van der Waals surface area contributed by atoms with E-state index in [1.807, 2.05) is 47.0 Å². The Bertz CT molecular complexity index is 1570. The van der Waals surface area contributed by atoms with E-state index in [1.165, 1.54) is 0 Å². The molecule has 3 heterocycles. The van der Waals surface area contributed by atoms with E-state index >= 15 is 0 Å². The van der Waals surface area contributed by atoms with Crippen LogP contribution in [0.25, 0.3) is 33.2 Å². The van der Waals surface area contributed by atoms with Crippen LogP contribution in [0.3, 0.4) is 0 Å². The second-order valence-electron chi connectivity index (χ2n) is 8.77. The number of aryl methyl sites for hydroxylation is 2. The van der Waals surface area contributed by atoms with Crippen molar-refractivity contribution in [2.45, 2.75) is 33.4 Å². The maximum absolute atomic E-state index is 13.5. The van der Waals surface area contributed by atoms with Gasteiger partial charge in [0.25, 0.3) is 5.56 Å². The Morgan fingerprint density at radius 2 is 1.68 bits per heavy atom. The molecule has 8 nitrogen and oxygen atoms in total. The molecule has 0 aliphatic rings. The monoisotopic (exact) mass is 457 g/mol. The highest BCUT2D eigenvalue weighted by atomic mass is 16.5. The molecule has 0 saturated carbocycles. The summed E-state index contributed by atoms with van der Waals surface area (Å²) in [5, 5.41) is 0.517. The van der Waals surface area contributed by atoms with E-state index in [-0.39, 0.29) is 5.56 Å². The molecule has 0 amide bonds. The van der Waals surface area contributed by atoms with Crippen molar-refractivity contribution in [1.82, 2.24) is 24.1 Å². The molecule has 3 aromatic heterocycles. The lowest BCUT2D eigenvalue weighted by Gasteiger charge is -2.11. The van der Waals surface area contributed by atoms with Gasteiger partial charge in [0.2, 0.25) is 0 Å². The van der Waals surface area contributed by atoms with Crippen LogP contribution in [0.2, 0.25) is 0 Å². The Balaban J connectivity index is 1.67. The highest BCUT2D eigenvalue weighted by Gasteiger charge is 2.20. The normalized spacial score (nSPS) is 11.7. The summed E-state index contributed by atoms with van der Waals surface area (Å²) in [5.74, 6) is 1.69. The Labute approximate surface area is 196 Å². The smallest absolute Gasteiger partial charge is 0.265 e. The quantitative estimate of drug-likeness (QED) is 0.364. The topological polar surface area (TPSA) is 84.1 Å². The molecule has 8 heteroatoms. The molecule has 0 spiro atoms. The molecule has 0 saturated heterocycles. The first-order valence-electron chi connectivity index (χ1n) is 11.3. The number of hydrogen-bond donors (Lipinski definition) is 0. The molecule has 0 unspecified atom stereocenters. The minimum absolute atomic E-state index is 0.0850. The highest BCUT2D eigenvalue weighted by molar-refractivity contribution is 6.04. The number of para-hydroxylation sites is 2. The molecule has 0 aliphatic carbocycles. The SMILES string of the molecule is COc1ccc(CCn2c3nc4ccccc4nc3c3c(=O)n(CC(C)C)cnc32)cc1OC. The number of aromatic nitrogens is 5. The van der Waals surface area contributed by atoms with Gasteiger partial charge in [-0.2, -0.15) is 0 Å². The highest BCUT2D eigenvalue weighted by Crippen LogP contribution is 2.29. The van der Waals surface area contributed by atoms with E-state index < -0.39 is 0 Å². The van der Waals surface area contributed by atoms with Crippen molar-refractivity contribution in [2.75, 3.05) is 14.2 Å². The zero-order chi connectivity index (χ0) is 23.8. The molecule has 34 heavy (non-hydrogen) atoms. The summed E-state index contributed by atoms with van der Waals surface area (Å²) in [5.41, 5.74) is 4.40. The van der Waals surface area contributed by atoms with E-state index in [0.717, 1.165) is 16.6 Å². The Kier molecular flexibility index (Phi) is 5.65. The van der Waals surface area contributed by atoms with Crippen molar-refractivity contribution >= 4 is 33.2 Å². The van der Waals surface area contributed by atoms with Crippen LogP contribution >= 0.6 is 0 Å². The maximum atomic E-state index is 13.5. The van der Waals surface area contributed by atoms with Crippen LogP contribution in [0.4, 0.5) is 0 Å². The lowest BCUT2D eigenvalue weighted by Crippen LogP contribution is -2.23. The van der Waals surface area contributed by atoms with Gasteiger partial charge in [0.05, 0.1) is 31.6 Å². The molecule has 0 radical (unpaired) electrons. The second-order valence-corrected chi connectivity index (χ2v) is 8.77. The lowest BCUT2D eigenvalue weighted by atomic mass is 10.1. The van der Waals surface area contributed by atoms with Gasteiger partial charge in [-0.3, -0.25) is 9.36 Å². The summed E-state index contributed by atoms with van der Waals surface area (Å²) in [7, 11) is 3.25. The number of benzene rings is 2. The van der Waals surface area contributed by atoms with E-state index in [1.54, 1.807) is 25.1 Å². The van der Waals surface area contributed by atoms with Crippen LogP contribution in [0, 0.1) is 5.92 Å². The molecule has 0 aliphatic heterocycles. The summed E-state index contributed by atoms with van der Waals surface area (Å²) in [6, 6.07) is 13.6. The number of hydrogen-bond acceptors (Lipinski definition) is 6. The van der Waals surface area contributed by atoms with Crippen molar-refractivity contribution in [3.8, 4) is 11.5 Å². The van der Waals surface area contributed by atoms with Gasteiger partial charge in [0.1, 0.15) is 10.9 Å². The fourth-order valence-electron chi connectivity index (χ4n) is 4.35. The average Bonchev–Trinajstić information content (AvgIpc) is 3.15. The van der Waals surface area contributed by atoms with Gasteiger partial charge in [0.15, 0.2) is 22.8 Å². The number of fused-ring (bicyclic) bond motifs is 4. The van der Waals surface area contributed by atoms with Crippen LogP contribution in [0.5, 0.6) is 11.5 Å². The minimum atomic E-state index is -0.0850. The molecule has 0 bridgehead atoms. The lowest BCUT2D eigenvalue weighted by molar-refractivity contribution is 0.354. The summed E-state index contributed by atoms with van der Waals surface area (Å²) in [4.78, 5) is 27.9. The van der Waals surface area contributed by atoms with Gasteiger partial charge >= 0.3 is 0 Å². The van der Waals surface area contributed by atoms with Crippen LogP contribution in [0.1, 0.15) is 19.4 Å². The third kappa shape index (κ3) is 3.75. The van der Waals surface area contributed by atoms with E-state index in [9.17, 15) is 4.79 Å². The van der Waals surface area contributed by atoms with Crippen molar-refractivity contribution < 1.29 is 9.47 Å². The van der Waals surface area contributed by atoms with Gasteiger partial charge in [0, 0.05) is 13.1 Å². The summed E-state index contributed by atoms with van der Waals surface area (Å²) in [6.07, 6.45) is 2.33. The minimum Gasteiger partial charge on any atom is -0.493 e. The van der Waals surface area contributed by atoms with E-state index in [2.05, 4.69) is 13.8 Å². The van der Waals surface area contributed by atoms with Crippen molar-refractivity contribution in [3.05, 3.63) is 64.7 Å². The second kappa shape index (κ2) is 8.78. The molecule has 2 aromatic carbocycles. The first kappa shape index (κ1) is 21.9.